The zero-order chi connectivity index (χ0) is 12.1. The first-order chi connectivity index (χ1) is 7.56. The highest BCUT2D eigenvalue weighted by Gasteiger charge is 2.22. The van der Waals surface area contributed by atoms with Gasteiger partial charge in [0.2, 0.25) is 0 Å². The molecule has 1 aromatic heterocycles. The van der Waals surface area contributed by atoms with Crippen molar-refractivity contribution in [3.05, 3.63) is 23.0 Å². The van der Waals surface area contributed by atoms with Gasteiger partial charge in [-0.15, -0.1) is 0 Å². The van der Waals surface area contributed by atoms with Crippen LogP contribution in [-0.2, 0) is 0 Å². The molecule has 2 unspecified atom stereocenters. The fourth-order valence-electron chi connectivity index (χ4n) is 1.29. The minimum absolute atomic E-state index is 0.00361. The topological polar surface area (TPSA) is 85.6 Å². The Morgan fingerprint density at radius 2 is 2.12 bits per heavy atom. The molecule has 0 bridgehead atoms. The summed E-state index contributed by atoms with van der Waals surface area (Å²) in [7, 11) is 1.74. The quantitative estimate of drug-likeness (QED) is 0.567. The fourth-order valence-corrected chi connectivity index (χ4v) is 1.45. The van der Waals surface area contributed by atoms with Crippen LogP contribution in [-0.4, -0.2) is 40.0 Å². The Morgan fingerprint density at radius 1 is 1.44 bits per heavy atom. The van der Waals surface area contributed by atoms with Crippen LogP contribution >= 0.6 is 11.6 Å². The first-order valence-electron chi connectivity index (χ1n) is 4.92. The lowest BCUT2D eigenvalue weighted by atomic mass is 10.1. The first kappa shape index (κ1) is 13.2. The summed E-state index contributed by atoms with van der Waals surface area (Å²) in [4.78, 5) is 3.79. The Hall–Kier alpha value is -0.880. The highest BCUT2D eigenvalue weighted by Crippen LogP contribution is 2.26. The molecule has 6 heteroatoms. The minimum Gasteiger partial charge on any atom is -0.506 e. The Morgan fingerprint density at radius 3 is 2.75 bits per heavy atom. The number of aromatic hydroxyl groups is 1. The van der Waals surface area contributed by atoms with Crippen LogP contribution in [0, 0.1) is 0 Å². The van der Waals surface area contributed by atoms with E-state index in [0.717, 1.165) is 0 Å². The molecular formula is C10H15ClN2O3. The largest absolute Gasteiger partial charge is 0.506 e. The van der Waals surface area contributed by atoms with E-state index in [1.54, 1.807) is 7.05 Å². The van der Waals surface area contributed by atoms with Crippen molar-refractivity contribution in [2.45, 2.75) is 18.6 Å². The molecule has 0 fully saturated rings. The lowest BCUT2D eigenvalue weighted by Crippen LogP contribution is -2.24. The van der Waals surface area contributed by atoms with Crippen molar-refractivity contribution in [3.63, 3.8) is 0 Å². The summed E-state index contributed by atoms with van der Waals surface area (Å²) in [5, 5.41) is 31.9. The van der Waals surface area contributed by atoms with Crippen molar-refractivity contribution in [1.29, 1.82) is 0 Å². The number of nitrogens with one attached hydrogen (secondary N) is 1. The molecular weight excluding hydrogens is 232 g/mol. The van der Waals surface area contributed by atoms with Gasteiger partial charge in [0.1, 0.15) is 22.7 Å². The van der Waals surface area contributed by atoms with E-state index in [1.165, 1.54) is 12.1 Å². The number of aliphatic hydroxyl groups excluding tert-OH is 2. The van der Waals surface area contributed by atoms with Crippen molar-refractivity contribution < 1.29 is 15.3 Å². The monoisotopic (exact) mass is 246 g/mol. The molecule has 0 aliphatic heterocycles. The molecule has 4 N–H and O–H groups in total. The first-order valence-corrected chi connectivity index (χ1v) is 5.30. The molecule has 0 saturated heterocycles. The molecule has 16 heavy (non-hydrogen) atoms. The average Bonchev–Trinajstić information content (AvgIpc) is 2.28. The summed E-state index contributed by atoms with van der Waals surface area (Å²) in [5.41, 5.74) is -0.00361. The second-order valence-electron chi connectivity index (χ2n) is 3.44. The summed E-state index contributed by atoms with van der Waals surface area (Å²) in [6.45, 7) is 0.555. The molecule has 90 valence electrons. The maximum absolute atomic E-state index is 9.76. The molecule has 0 radical (unpaired) electrons. The van der Waals surface area contributed by atoms with Gasteiger partial charge in [0.25, 0.3) is 0 Å². The van der Waals surface area contributed by atoms with E-state index in [2.05, 4.69) is 10.3 Å². The van der Waals surface area contributed by atoms with Crippen LogP contribution in [0.5, 0.6) is 5.75 Å². The van der Waals surface area contributed by atoms with E-state index in [1.807, 2.05) is 0 Å². The predicted octanol–water partition coefficient (Wildman–Crippen LogP) is 0.444. The van der Waals surface area contributed by atoms with Gasteiger partial charge in [0.15, 0.2) is 0 Å². The van der Waals surface area contributed by atoms with Crippen molar-refractivity contribution in [2.24, 2.45) is 0 Å². The molecule has 1 rings (SSSR count). The lowest BCUT2D eigenvalue weighted by Gasteiger charge is -2.18. The van der Waals surface area contributed by atoms with E-state index in [-0.39, 0.29) is 16.6 Å². The van der Waals surface area contributed by atoms with Crippen LogP contribution in [0.4, 0.5) is 0 Å². The average molecular weight is 247 g/mol. The van der Waals surface area contributed by atoms with Gasteiger partial charge >= 0.3 is 0 Å². The van der Waals surface area contributed by atoms with Gasteiger partial charge in [-0.3, -0.25) is 0 Å². The van der Waals surface area contributed by atoms with Gasteiger partial charge < -0.3 is 20.6 Å². The molecule has 0 aliphatic rings. The molecule has 0 spiro atoms. The normalized spacial score (nSPS) is 14.8. The zero-order valence-electron chi connectivity index (χ0n) is 8.89. The van der Waals surface area contributed by atoms with Gasteiger partial charge in [-0.1, -0.05) is 11.6 Å². The van der Waals surface area contributed by atoms with E-state index in [9.17, 15) is 15.3 Å². The van der Waals surface area contributed by atoms with Crippen molar-refractivity contribution in [2.75, 3.05) is 13.6 Å². The summed E-state index contributed by atoms with van der Waals surface area (Å²) in [5.74, 6) is -0.180. The van der Waals surface area contributed by atoms with Crippen molar-refractivity contribution in [3.8, 4) is 5.75 Å². The molecule has 0 aliphatic carbocycles. The van der Waals surface area contributed by atoms with Crippen molar-refractivity contribution in [1.82, 2.24) is 10.3 Å². The number of halogens is 1. The summed E-state index contributed by atoms with van der Waals surface area (Å²) < 4.78 is 0. The number of aromatic nitrogens is 1. The number of hydrogen-bond acceptors (Lipinski definition) is 5. The van der Waals surface area contributed by atoms with Gasteiger partial charge in [-0.2, -0.15) is 0 Å². The third-order valence-electron chi connectivity index (χ3n) is 2.20. The number of pyridine rings is 1. The molecule has 2 atom stereocenters. The van der Waals surface area contributed by atoms with Crippen LogP contribution in [0.1, 0.15) is 18.2 Å². The summed E-state index contributed by atoms with van der Waals surface area (Å²) >= 11 is 5.64. The summed E-state index contributed by atoms with van der Waals surface area (Å²) in [6.07, 6.45) is -1.89. The number of nitrogens with zero attached hydrogens (tertiary/aromatic N) is 1. The Labute approximate surface area is 98.7 Å². The van der Waals surface area contributed by atoms with E-state index in [0.29, 0.717) is 13.0 Å². The van der Waals surface area contributed by atoms with Crippen molar-refractivity contribution >= 4 is 11.6 Å². The third kappa shape index (κ3) is 3.31. The fraction of sp³-hybridized carbons (Fsp3) is 0.500. The van der Waals surface area contributed by atoms with Gasteiger partial charge in [0, 0.05) is 0 Å². The molecule has 0 amide bonds. The zero-order valence-corrected chi connectivity index (χ0v) is 9.65. The maximum atomic E-state index is 9.76. The number of aliphatic hydroxyl groups is 2. The van der Waals surface area contributed by atoms with Gasteiger partial charge in [-0.25, -0.2) is 4.98 Å². The van der Waals surface area contributed by atoms with Crippen LogP contribution in [0.15, 0.2) is 12.1 Å². The minimum atomic E-state index is -1.24. The second-order valence-corrected chi connectivity index (χ2v) is 3.83. The molecule has 0 aromatic carbocycles. The maximum Gasteiger partial charge on any atom is 0.140 e. The third-order valence-corrected chi connectivity index (χ3v) is 2.41. The molecule has 0 saturated carbocycles. The smallest absolute Gasteiger partial charge is 0.140 e. The predicted molar refractivity (Wildman–Crippen MR) is 60.4 cm³/mol. The van der Waals surface area contributed by atoms with Crippen LogP contribution in [0.25, 0.3) is 0 Å². The van der Waals surface area contributed by atoms with Crippen LogP contribution < -0.4 is 5.32 Å². The molecule has 1 heterocycles. The van der Waals surface area contributed by atoms with E-state index < -0.39 is 12.2 Å². The SMILES string of the molecule is CNCCC(O)C(O)c1nc(Cl)ccc1O. The van der Waals surface area contributed by atoms with E-state index in [4.69, 9.17) is 11.6 Å². The summed E-state index contributed by atoms with van der Waals surface area (Å²) in [6, 6.07) is 2.74. The van der Waals surface area contributed by atoms with E-state index >= 15 is 0 Å². The van der Waals surface area contributed by atoms with Gasteiger partial charge in [0.05, 0.1) is 6.10 Å². The number of rotatable bonds is 5. The highest BCUT2D eigenvalue weighted by molar-refractivity contribution is 6.29. The molecule has 1 aromatic rings. The number of hydrogen-bond donors (Lipinski definition) is 4. The second kappa shape index (κ2) is 6.00. The Kier molecular flexibility index (Phi) is 4.95. The van der Waals surface area contributed by atoms with Gasteiger partial charge in [-0.05, 0) is 32.1 Å². The standard InChI is InChI=1S/C10H15ClN2O3/c1-12-5-4-7(15)10(16)9-6(14)2-3-8(11)13-9/h2-3,7,10,12,14-16H,4-5H2,1H3. The highest BCUT2D eigenvalue weighted by atomic mass is 35.5. The van der Waals surface area contributed by atoms with Crippen LogP contribution in [0.3, 0.4) is 0 Å². The Balaban J connectivity index is 2.78. The van der Waals surface area contributed by atoms with Crippen LogP contribution in [0.2, 0.25) is 5.15 Å². The lowest BCUT2D eigenvalue weighted by molar-refractivity contribution is 0.0101. The molecule has 5 nitrogen and oxygen atoms in total. The Bertz CT molecular complexity index is 349.